The Kier molecular flexibility index (Phi) is 6.71. The fourth-order valence-electron chi connectivity index (χ4n) is 1.08. The van der Waals surface area contributed by atoms with Crippen LogP contribution < -0.4 is 4.43 Å². The van der Waals surface area contributed by atoms with Crippen LogP contribution >= 0.6 is 0 Å². The van der Waals surface area contributed by atoms with Crippen molar-refractivity contribution in [3.8, 4) is 0 Å². The molecule has 1 aromatic rings. The van der Waals surface area contributed by atoms with Gasteiger partial charge < -0.3 is 0 Å². The molecule has 0 bridgehead atoms. The van der Waals surface area contributed by atoms with Crippen molar-refractivity contribution in [3.63, 3.8) is 0 Å². The third kappa shape index (κ3) is 3.40. The third-order valence-corrected chi connectivity index (χ3v) is 2.36. The van der Waals surface area contributed by atoms with Crippen LogP contribution in [-0.2, 0) is 21.1 Å². The van der Waals surface area contributed by atoms with Gasteiger partial charge in [0.25, 0.3) is 0 Å². The van der Waals surface area contributed by atoms with Gasteiger partial charge in [-0.25, -0.2) is 0 Å². The molecule has 5 heteroatoms. The summed E-state index contributed by atoms with van der Waals surface area (Å²) in [5, 5.41) is 17.7. The Balaban J connectivity index is 0.00000169. The van der Waals surface area contributed by atoms with E-state index in [2.05, 4.69) is 16.3 Å². The molecular formula is C9H10CrNaO3. The molecule has 0 aromatic heterocycles. The summed E-state index contributed by atoms with van der Waals surface area (Å²) in [6, 6.07) is 7.04. The van der Waals surface area contributed by atoms with Gasteiger partial charge in [0.05, 0.1) is 0 Å². The van der Waals surface area contributed by atoms with Crippen molar-refractivity contribution in [3.05, 3.63) is 29.8 Å². The first kappa shape index (κ1) is 14.2. The van der Waals surface area contributed by atoms with E-state index in [9.17, 15) is 4.79 Å². The minimum absolute atomic E-state index is 0. The molecular weight excluding hydrogens is 231 g/mol. The first-order chi connectivity index (χ1) is 6.16. The predicted molar refractivity (Wildman–Crippen MR) is 50.7 cm³/mol. The number of aliphatic hydroxyl groups excluding tert-OH is 1. The van der Waals surface area contributed by atoms with E-state index in [1.807, 2.05) is 6.07 Å². The van der Waals surface area contributed by atoms with Gasteiger partial charge in [0.1, 0.15) is 0 Å². The molecule has 0 aliphatic heterocycles. The van der Waals surface area contributed by atoms with Gasteiger partial charge in [0.15, 0.2) is 0 Å². The van der Waals surface area contributed by atoms with E-state index in [0.717, 1.165) is 4.43 Å². The summed E-state index contributed by atoms with van der Waals surface area (Å²) in [6.07, 6.45) is 0. The predicted octanol–water partition coefficient (Wildman–Crippen LogP) is -0.629. The quantitative estimate of drug-likeness (QED) is 0.693. The molecule has 0 radical (unpaired) electrons. The fraction of sp³-hybridized carbons (Fsp3) is 0.222. The molecule has 14 heavy (non-hydrogen) atoms. The van der Waals surface area contributed by atoms with Crippen LogP contribution in [0, 0.1) is 0 Å². The molecule has 1 rings (SSSR count). The van der Waals surface area contributed by atoms with Crippen LogP contribution in [0.5, 0.6) is 0 Å². The molecule has 0 saturated heterocycles. The van der Waals surface area contributed by atoms with Gasteiger partial charge in [-0.15, -0.1) is 0 Å². The molecule has 0 fully saturated rings. The Morgan fingerprint density at radius 2 is 2.00 bits per heavy atom. The van der Waals surface area contributed by atoms with Crippen LogP contribution in [0.25, 0.3) is 0 Å². The van der Waals surface area contributed by atoms with Crippen LogP contribution in [0.3, 0.4) is 0 Å². The monoisotopic (exact) mass is 241 g/mol. The average molecular weight is 241 g/mol. The normalized spacial score (nSPS) is 11.5. The van der Waals surface area contributed by atoms with Crippen LogP contribution in [-0.4, -0.2) is 52.3 Å². The SMILES string of the molecule is O=C(O)C(CO)c1cccc[c]1[Cr].[NaH]. The Morgan fingerprint density at radius 3 is 2.43 bits per heavy atom. The number of aliphatic carboxylic acids is 1. The summed E-state index contributed by atoms with van der Waals surface area (Å²) in [4.78, 5) is 10.7. The first-order valence-corrected chi connectivity index (χ1v) is 4.40. The summed E-state index contributed by atoms with van der Waals surface area (Å²) in [6.45, 7) is -0.381. The number of hydrogen-bond acceptors (Lipinski definition) is 2. The van der Waals surface area contributed by atoms with Gasteiger partial charge >= 0.3 is 114 Å². The van der Waals surface area contributed by atoms with E-state index in [1.165, 1.54) is 0 Å². The maximum absolute atomic E-state index is 10.7. The van der Waals surface area contributed by atoms with Crippen LogP contribution in [0.15, 0.2) is 24.3 Å². The molecule has 71 valence electrons. The van der Waals surface area contributed by atoms with Gasteiger partial charge in [-0.05, 0) is 0 Å². The number of carboxylic acids is 1. The van der Waals surface area contributed by atoms with Crippen LogP contribution in [0.4, 0.5) is 0 Å². The topological polar surface area (TPSA) is 57.5 Å². The Hall–Kier alpha value is 0.182. The van der Waals surface area contributed by atoms with Crippen molar-refractivity contribution in [2.24, 2.45) is 0 Å². The second kappa shape index (κ2) is 6.63. The second-order valence-corrected chi connectivity index (χ2v) is 3.30. The zero-order chi connectivity index (χ0) is 9.84. The Bertz CT molecular complexity index is 317. The van der Waals surface area contributed by atoms with Crippen molar-refractivity contribution < 1.29 is 31.3 Å². The molecule has 0 aliphatic rings. The standard InChI is InChI=1S/C9H9O3.Cr.Na.H/c10-6-8(9(11)12)7-4-2-1-3-5-7;;;/h1-4,8,10H,6H2,(H,11,12);;;. The molecule has 2 N–H and O–H groups in total. The van der Waals surface area contributed by atoms with E-state index in [-0.39, 0.29) is 36.2 Å². The summed E-state index contributed by atoms with van der Waals surface area (Å²) in [5.41, 5.74) is 0.623. The molecule has 3 nitrogen and oxygen atoms in total. The average Bonchev–Trinajstić information content (AvgIpc) is 2.09. The van der Waals surface area contributed by atoms with E-state index in [0.29, 0.717) is 5.56 Å². The molecule has 0 heterocycles. The molecule has 0 aliphatic carbocycles. The summed E-state index contributed by atoms with van der Waals surface area (Å²) >= 11 is 2.77. The number of benzene rings is 1. The van der Waals surface area contributed by atoms with Gasteiger partial charge in [0.2, 0.25) is 0 Å². The number of rotatable bonds is 3. The zero-order valence-corrected chi connectivity index (χ0v) is 8.08. The fourth-order valence-corrected chi connectivity index (χ4v) is 1.53. The van der Waals surface area contributed by atoms with Gasteiger partial charge in [-0.3, -0.25) is 0 Å². The van der Waals surface area contributed by atoms with Crippen molar-refractivity contribution in [1.82, 2.24) is 0 Å². The zero-order valence-electron chi connectivity index (χ0n) is 6.80. The van der Waals surface area contributed by atoms with E-state index >= 15 is 0 Å². The maximum atomic E-state index is 10.7. The van der Waals surface area contributed by atoms with Gasteiger partial charge in [0, 0.05) is 0 Å². The van der Waals surface area contributed by atoms with Crippen LogP contribution in [0.1, 0.15) is 11.5 Å². The molecule has 1 atom stereocenters. The summed E-state index contributed by atoms with van der Waals surface area (Å²) in [7, 11) is 0. The van der Waals surface area contributed by atoms with Crippen molar-refractivity contribution >= 4 is 40.0 Å². The summed E-state index contributed by atoms with van der Waals surface area (Å²) in [5.74, 6) is -1.84. The Morgan fingerprint density at radius 1 is 1.43 bits per heavy atom. The van der Waals surface area contributed by atoms with Crippen molar-refractivity contribution in [1.29, 1.82) is 0 Å². The van der Waals surface area contributed by atoms with E-state index in [1.54, 1.807) is 18.2 Å². The number of hydrogen-bond donors (Lipinski definition) is 2. The molecule has 0 saturated carbocycles. The van der Waals surface area contributed by atoms with E-state index < -0.39 is 11.9 Å². The number of carboxylic acid groups (broad SMARTS) is 1. The summed E-state index contributed by atoms with van der Waals surface area (Å²) < 4.78 is 0.768. The first-order valence-electron chi connectivity index (χ1n) is 3.76. The van der Waals surface area contributed by atoms with Gasteiger partial charge in [-0.1, -0.05) is 0 Å². The number of carbonyl (C=O) groups is 1. The molecule has 0 spiro atoms. The van der Waals surface area contributed by atoms with Crippen LogP contribution in [0.2, 0.25) is 0 Å². The van der Waals surface area contributed by atoms with Gasteiger partial charge in [-0.2, -0.15) is 0 Å². The minimum atomic E-state index is -1.01. The molecule has 0 amide bonds. The second-order valence-electron chi connectivity index (χ2n) is 2.61. The third-order valence-electron chi connectivity index (χ3n) is 1.78. The Labute approximate surface area is 113 Å². The number of aliphatic hydroxyl groups is 1. The van der Waals surface area contributed by atoms with E-state index in [4.69, 9.17) is 10.2 Å². The van der Waals surface area contributed by atoms with Crippen molar-refractivity contribution in [2.45, 2.75) is 5.92 Å². The molecule has 1 unspecified atom stereocenters. The van der Waals surface area contributed by atoms with Crippen molar-refractivity contribution in [2.75, 3.05) is 6.61 Å². The molecule has 1 aromatic carbocycles.